The van der Waals surface area contributed by atoms with Gasteiger partial charge in [-0.3, -0.25) is 4.98 Å². The highest BCUT2D eigenvalue weighted by atomic mass is 16.5. The van der Waals surface area contributed by atoms with Gasteiger partial charge in [0.25, 0.3) is 0 Å². The number of ether oxygens (including phenoxy) is 1. The summed E-state index contributed by atoms with van der Waals surface area (Å²) >= 11 is 0. The summed E-state index contributed by atoms with van der Waals surface area (Å²) in [5, 5.41) is 3.37. The quantitative estimate of drug-likeness (QED) is 0.854. The molecule has 1 heterocycles. The fraction of sp³-hybridized carbons (Fsp3) is 0.214. The van der Waals surface area contributed by atoms with E-state index in [0.717, 1.165) is 24.4 Å². The van der Waals surface area contributed by atoms with Gasteiger partial charge >= 0.3 is 0 Å². The van der Waals surface area contributed by atoms with E-state index in [1.54, 1.807) is 7.11 Å². The van der Waals surface area contributed by atoms with Crippen LogP contribution in [0.1, 0.15) is 5.56 Å². The monoisotopic (exact) mass is 228 g/mol. The minimum absolute atomic E-state index is 0.877. The number of benzene rings is 1. The number of rotatable bonds is 5. The molecule has 0 saturated heterocycles. The third-order valence-electron chi connectivity index (χ3n) is 2.59. The van der Waals surface area contributed by atoms with Gasteiger partial charge in [-0.15, -0.1) is 0 Å². The van der Waals surface area contributed by atoms with Crippen LogP contribution in [-0.4, -0.2) is 18.6 Å². The lowest BCUT2D eigenvalue weighted by molar-refractivity contribution is 0.416. The number of hydrogen-bond donors (Lipinski definition) is 1. The lowest BCUT2D eigenvalue weighted by Gasteiger charge is -2.10. The van der Waals surface area contributed by atoms with Gasteiger partial charge in [0.05, 0.1) is 12.8 Å². The minimum Gasteiger partial charge on any atom is -0.495 e. The van der Waals surface area contributed by atoms with E-state index in [1.807, 2.05) is 48.8 Å². The number of nitrogens with one attached hydrogen (secondary N) is 1. The van der Waals surface area contributed by atoms with Crippen molar-refractivity contribution in [2.75, 3.05) is 19.0 Å². The number of anilines is 1. The summed E-state index contributed by atoms with van der Waals surface area (Å²) in [5.74, 6) is 0.877. The highest BCUT2D eigenvalue weighted by molar-refractivity contribution is 5.56. The molecule has 1 aromatic heterocycles. The zero-order chi connectivity index (χ0) is 11.9. The van der Waals surface area contributed by atoms with Crippen LogP contribution in [-0.2, 0) is 6.42 Å². The lowest BCUT2D eigenvalue weighted by atomic mass is 10.2. The highest BCUT2D eigenvalue weighted by Gasteiger charge is 1.99. The van der Waals surface area contributed by atoms with E-state index in [-0.39, 0.29) is 0 Å². The van der Waals surface area contributed by atoms with Crippen LogP contribution in [0.4, 0.5) is 5.69 Å². The summed E-state index contributed by atoms with van der Waals surface area (Å²) in [7, 11) is 1.68. The number of pyridine rings is 1. The number of methoxy groups -OCH3 is 1. The van der Waals surface area contributed by atoms with Crippen LogP contribution in [0.25, 0.3) is 0 Å². The topological polar surface area (TPSA) is 34.1 Å². The standard InChI is InChI=1S/C14H16N2O/c1-17-14-5-3-2-4-13(14)16-11-8-12-6-9-15-10-7-12/h2-7,9-10,16H,8,11H2,1H3. The molecule has 88 valence electrons. The van der Waals surface area contributed by atoms with Crippen molar-refractivity contribution < 1.29 is 4.74 Å². The molecule has 17 heavy (non-hydrogen) atoms. The van der Waals surface area contributed by atoms with E-state index in [1.165, 1.54) is 5.56 Å². The number of aromatic nitrogens is 1. The first-order chi connectivity index (χ1) is 8.40. The normalized spacial score (nSPS) is 9.94. The number of nitrogens with zero attached hydrogens (tertiary/aromatic N) is 1. The van der Waals surface area contributed by atoms with E-state index < -0.39 is 0 Å². The smallest absolute Gasteiger partial charge is 0.141 e. The van der Waals surface area contributed by atoms with Gasteiger partial charge in [0, 0.05) is 18.9 Å². The van der Waals surface area contributed by atoms with Gasteiger partial charge in [0.2, 0.25) is 0 Å². The van der Waals surface area contributed by atoms with Crippen LogP contribution in [0.5, 0.6) is 5.75 Å². The first-order valence-corrected chi connectivity index (χ1v) is 5.66. The molecule has 0 aliphatic rings. The molecular weight excluding hydrogens is 212 g/mol. The molecule has 0 unspecified atom stereocenters. The van der Waals surface area contributed by atoms with Crippen molar-refractivity contribution in [3.63, 3.8) is 0 Å². The second kappa shape index (κ2) is 5.89. The molecule has 0 aliphatic heterocycles. The fourth-order valence-electron chi connectivity index (χ4n) is 1.68. The molecular formula is C14H16N2O. The zero-order valence-corrected chi connectivity index (χ0v) is 9.89. The predicted molar refractivity (Wildman–Crippen MR) is 69.4 cm³/mol. The average molecular weight is 228 g/mol. The van der Waals surface area contributed by atoms with E-state index in [4.69, 9.17) is 4.74 Å². The van der Waals surface area contributed by atoms with Gasteiger partial charge < -0.3 is 10.1 Å². The van der Waals surface area contributed by atoms with Crippen molar-refractivity contribution in [1.29, 1.82) is 0 Å². The van der Waals surface area contributed by atoms with Crippen molar-refractivity contribution in [3.05, 3.63) is 54.4 Å². The maximum Gasteiger partial charge on any atom is 0.141 e. The molecule has 2 aromatic rings. The van der Waals surface area contributed by atoms with Crippen molar-refractivity contribution in [2.24, 2.45) is 0 Å². The predicted octanol–water partition coefficient (Wildman–Crippen LogP) is 2.74. The third-order valence-corrected chi connectivity index (χ3v) is 2.59. The molecule has 0 spiro atoms. The van der Waals surface area contributed by atoms with Gasteiger partial charge in [0.15, 0.2) is 0 Å². The van der Waals surface area contributed by atoms with Crippen molar-refractivity contribution in [1.82, 2.24) is 4.98 Å². The van der Waals surface area contributed by atoms with Gasteiger partial charge in [-0.1, -0.05) is 12.1 Å². The molecule has 0 aliphatic carbocycles. The Bertz CT molecular complexity index is 457. The summed E-state index contributed by atoms with van der Waals surface area (Å²) in [6.07, 6.45) is 4.61. The summed E-state index contributed by atoms with van der Waals surface area (Å²) in [5.41, 5.74) is 2.31. The highest BCUT2D eigenvalue weighted by Crippen LogP contribution is 2.22. The lowest BCUT2D eigenvalue weighted by Crippen LogP contribution is -2.05. The SMILES string of the molecule is COc1ccccc1NCCc1ccncc1. The minimum atomic E-state index is 0.877. The van der Waals surface area contributed by atoms with Crippen LogP contribution in [0.2, 0.25) is 0 Å². The Morgan fingerprint density at radius 2 is 1.88 bits per heavy atom. The van der Waals surface area contributed by atoms with Crippen molar-refractivity contribution in [2.45, 2.75) is 6.42 Å². The summed E-state index contributed by atoms with van der Waals surface area (Å²) in [6.45, 7) is 0.879. The van der Waals surface area contributed by atoms with E-state index >= 15 is 0 Å². The molecule has 0 fully saturated rings. The largest absolute Gasteiger partial charge is 0.495 e. The first kappa shape index (κ1) is 11.5. The Labute approximate surface area is 101 Å². The Morgan fingerprint density at radius 3 is 2.65 bits per heavy atom. The molecule has 0 amide bonds. The van der Waals surface area contributed by atoms with Crippen molar-refractivity contribution >= 4 is 5.69 Å². The van der Waals surface area contributed by atoms with Crippen LogP contribution in [0, 0.1) is 0 Å². The van der Waals surface area contributed by atoms with Crippen LogP contribution >= 0.6 is 0 Å². The molecule has 0 saturated carbocycles. The Morgan fingerprint density at radius 1 is 1.12 bits per heavy atom. The average Bonchev–Trinajstić information content (AvgIpc) is 2.40. The molecule has 1 aromatic carbocycles. The van der Waals surface area contributed by atoms with Crippen LogP contribution in [0.15, 0.2) is 48.8 Å². The maximum absolute atomic E-state index is 5.28. The maximum atomic E-state index is 5.28. The third kappa shape index (κ3) is 3.21. The van der Waals surface area contributed by atoms with Gasteiger partial charge in [0.1, 0.15) is 5.75 Å². The molecule has 0 radical (unpaired) electrons. The Balaban J connectivity index is 1.90. The first-order valence-electron chi connectivity index (χ1n) is 5.66. The van der Waals surface area contributed by atoms with Crippen LogP contribution < -0.4 is 10.1 Å². The summed E-state index contributed by atoms with van der Waals surface area (Å²) in [6, 6.07) is 12.0. The molecule has 1 N–H and O–H groups in total. The molecule has 3 heteroatoms. The zero-order valence-electron chi connectivity index (χ0n) is 9.89. The number of para-hydroxylation sites is 2. The molecule has 3 nitrogen and oxygen atoms in total. The fourth-order valence-corrected chi connectivity index (χ4v) is 1.68. The van der Waals surface area contributed by atoms with E-state index in [0.29, 0.717) is 0 Å². The van der Waals surface area contributed by atoms with Crippen molar-refractivity contribution in [3.8, 4) is 5.75 Å². The van der Waals surface area contributed by atoms with E-state index in [2.05, 4.69) is 10.3 Å². The second-order valence-electron chi connectivity index (χ2n) is 3.73. The van der Waals surface area contributed by atoms with Gasteiger partial charge in [-0.2, -0.15) is 0 Å². The van der Waals surface area contributed by atoms with Crippen LogP contribution in [0.3, 0.4) is 0 Å². The summed E-state index contributed by atoms with van der Waals surface area (Å²) < 4.78 is 5.28. The number of hydrogen-bond acceptors (Lipinski definition) is 3. The second-order valence-corrected chi connectivity index (χ2v) is 3.73. The van der Waals surface area contributed by atoms with Gasteiger partial charge in [-0.05, 0) is 36.2 Å². The van der Waals surface area contributed by atoms with E-state index in [9.17, 15) is 0 Å². The summed E-state index contributed by atoms with van der Waals surface area (Å²) in [4.78, 5) is 4.00. The molecule has 2 rings (SSSR count). The molecule has 0 atom stereocenters. The molecule has 0 bridgehead atoms. The van der Waals surface area contributed by atoms with Gasteiger partial charge in [-0.25, -0.2) is 0 Å². The Kier molecular flexibility index (Phi) is 3.97. The Hall–Kier alpha value is -2.03.